The molecule has 1 aromatic rings. The fraction of sp³-hybridized carbons (Fsp3) is 0.714. The van der Waals surface area contributed by atoms with Crippen LogP contribution < -0.4 is 5.32 Å². The van der Waals surface area contributed by atoms with Gasteiger partial charge in [-0.05, 0) is 55.9 Å². The predicted octanol–water partition coefficient (Wildman–Crippen LogP) is 4.93. The van der Waals surface area contributed by atoms with Crippen LogP contribution in [0, 0.1) is 11.8 Å². The van der Waals surface area contributed by atoms with Crippen molar-refractivity contribution < 1.29 is 4.74 Å². The summed E-state index contributed by atoms with van der Waals surface area (Å²) in [5, 5.41) is 4.03. The molecule has 2 fully saturated rings. The zero-order valence-corrected chi connectivity index (χ0v) is 15.1. The lowest BCUT2D eigenvalue weighted by molar-refractivity contribution is -0.0660. The Balaban J connectivity index is 1.69. The van der Waals surface area contributed by atoms with Crippen LogP contribution in [-0.2, 0) is 11.2 Å². The van der Waals surface area contributed by atoms with Crippen molar-refractivity contribution >= 4 is 0 Å². The summed E-state index contributed by atoms with van der Waals surface area (Å²) >= 11 is 0. The molecule has 23 heavy (non-hydrogen) atoms. The van der Waals surface area contributed by atoms with Crippen molar-refractivity contribution in [2.24, 2.45) is 11.8 Å². The van der Waals surface area contributed by atoms with E-state index in [0.717, 1.165) is 24.9 Å². The van der Waals surface area contributed by atoms with E-state index in [1.165, 1.54) is 44.1 Å². The molecule has 0 bridgehead atoms. The second-order valence-electron chi connectivity index (χ2n) is 8.28. The van der Waals surface area contributed by atoms with E-state index in [-0.39, 0.29) is 11.3 Å². The average Bonchev–Trinajstić information content (AvgIpc) is 2.84. The van der Waals surface area contributed by atoms with Gasteiger partial charge in [-0.2, -0.15) is 0 Å². The van der Waals surface area contributed by atoms with Crippen LogP contribution >= 0.6 is 0 Å². The number of rotatable bonds is 5. The van der Waals surface area contributed by atoms with Crippen LogP contribution in [0.3, 0.4) is 0 Å². The quantitative estimate of drug-likeness (QED) is 0.832. The van der Waals surface area contributed by atoms with Gasteiger partial charge in [0.15, 0.2) is 0 Å². The zero-order valence-electron chi connectivity index (χ0n) is 15.1. The molecule has 3 rings (SSSR count). The lowest BCUT2D eigenvalue weighted by Gasteiger charge is -2.41. The molecule has 2 aliphatic rings. The number of hydrogen-bond acceptors (Lipinski definition) is 2. The highest BCUT2D eigenvalue weighted by Crippen LogP contribution is 2.43. The van der Waals surface area contributed by atoms with Gasteiger partial charge < -0.3 is 4.74 Å². The highest BCUT2D eigenvalue weighted by atomic mass is 16.5. The lowest BCUT2D eigenvalue weighted by Crippen LogP contribution is -2.54. The number of ether oxygens (including phenoxy) is 1. The molecule has 2 heteroatoms. The molecule has 1 spiro atoms. The van der Waals surface area contributed by atoms with Gasteiger partial charge in [-0.15, -0.1) is 0 Å². The number of nitrogens with one attached hydrogen (secondary N) is 1. The molecule has 1 heterocycles. The molecule has 1 saturated heterocycles. The summed E-state index contributed by atoms with van der Waals surface area (Å²) < 4.78 is 6.47. The predicted molar refractivity (Wildman–Crippen MR) is 96.4 cm³/mol. The van der Waals surface area contributed by atoms with Gasteiger partial charge in [-0.3, -0.25) is 5.32 Å². The van der Waals surface area contributed by atoms with Crippen LogP contribution in [-0.4, -0.2) is 17.9 Å². The van der Waals surface area contributed by atoms with Crippen LogP contribution in [0.1, 0.15) is 64.9 Å². The molecule has 2 nitrogen and oxygen atoms in total. The van der Waals surface area contributed by atoms with Gasteiger partial charge in [0.05, 0.1) is 6.61 Å². The highest BCUT2D eigenvalue weighted by molar-refractivity contribution is 5.16. The molecular formula is C21H33NO. The van der Waals surface area contributed by atoms with E-state index in [1.807, 2.05) is 0 Å². The summed E-state index contributed by atoms with van der Waals surface area (Å²) in [6.45, 7) is 7.94. The number of aryl methyl sites for hydroxylation is 1. The third kappa shape index (κ3) is 3.97. The summed E-state index contributed by atoms with van der Waals surface area (Å²) in [7, 11) is 0. The summed E-state index contributed by atoms with van der Waals surface area (Å²) in [5.41, 5.74) is 1.56. The zero-order chi connectivity index (χ0) is 16.3. The van der Waals surface area contributed by atoms with Gasteiger partial charge in [-0.1, -0.05) is 57.5 Å². The van der Waals surface area contributed by atoms with Gasteiger partial charge in [0.2, 0.25) is 0 Å². The molecule has 4 atom stereocenters. The number of hydrogen-bond donors (Lipinski definition) is 1. The molecule has 1 N–H and O–H groups in total. The van der Waals surface area contributed by atoms with E-state index >= 15 is 0 Å². The maximum absolute atomic E-state index is 6.47. The van der Waals surface area contributed by atoms with Gasteiger partial charge in [0.1, 0.15) is 5.72 Å². The molecule has 1 aliphatic heterocycles. The fourth-order valence-electron chi connectivity index (χ4n) is 5.02. The van der Waals surface area contributed by atoms with E-state index in [9.17, 15) is 0 Å². The summed E-state index contributed by atoms with van der Waals surface area (Å²) in [4.78, 5) is 0. The normalized spacial score (nSPS) is 37.3. The minimum absolute atomic E-state index is 0.0526. The maximum atomic E-state index is 6.47. The second-order valence-corrected chi connectivity index (χ2v) is 8.28. The molecule has 1 aliphatic carbocycles. The van der Waals surface area contributed by atoms with Crippen LogP contribution in [0.5, 0.6) is 0 Å². The first kappa shape index (κ1) is 17.0. The van der Waals surface area contributed by atoms with Gasteiger partial charge >= 0.3 is 0 Å². The Morgan fingerprint density at radius 3 is 2.43 bits per heavy atom. The Bertz CT molecular complexity index is 490. The van der Waals surface area contributed by atoms with E-state index in [2.05, 4.69) is 56.4 Å². The van der Waals surface area contributed by atoms with Gasteiger partial charge in [0, 0.05) is 5.54 Å². The molecule has 0 aromatic heterocycles. The van der Waals surface area contributed by atoms with E-state index in [0.29, 0.717) is 0 Å². The number of benzene rings is 1. The third-order valence-electron chi connectivity index (χ3n) is 5.74. The standard InChI is InChI=1S/C21H33NO/c1-4-11-20(12-10-19-8-6-5-7-9-19)16-23-21(22-20)14-17(2)13-18(3)15-21/h5-9,17-18,22H,4,10-16H2,1-3H3/t17-,18+,20?,21?. The van der Waals surface area contributed by atoms with Crippen LogP contribution in [0.4, 0.5) is 0 Å². The topological polar surface area (TPSA) is 21.3 Å². The molecule has 1 aromatic carbocycles. The van der Waals surface area contributed by atoms with Crippen molar-refractivity contribution in [1.82, 2.24) is 5.32 Å². The first-order valence-electron chi connectivity index (χ1n) is 9.52. The van der Waals surface area contributed by atoms with Crippen molar-refractivity contribution in [3.05, 3.63) is 35.9 Å². The van der Waals surface area contributed by atoms with Crippen LogP contribution in [0.2, 0.25) is 0 Å². The van der Waals surface area contributed by atoms with Crippen molar-refractivity contribution in [3.8, 4) is 0 Å². The minimum Gasteiger partial charge on any atom is -0.359 e. The minimum atomic E-state index is -0.0526. The van der Waals surface area contributed by atoms with E-state index in [1.54, 1.807) is 0 Å². The summed E-state index contributed by atoms with van der Waals surface area (Å²) in [6, 6.07) is 10.9. The monoisotopic (exact) mass is 315 g/mol. The smallest absolute Gasteiger partial charge is 0.120 e. The van der Waals surface area contributed by atoms with E-state index < -0.39 is 0 Å². The van der Waals surface area contributed by atoms with Crippen molar-refractivity contribution in [2.75, 3.05) is 6.61 Å². The third-order valence-corrected chi connectivity index (χ3v) is 5.74. The maximum Gasteiger partial charge on any atom is 0.120 e. The van der Waals surface area contributed by atoms with Crippen molar-refractivity contribution in [3.63, 3.8) is 0 Å². The largest absolute Gasteiger partial charge is 0.359 e. The molecular weight excluding hydrogens is 282 g/mol. The van der Waals surface area contributed by atoms with Crippen molar-refractivity contribution in [1.29, 1.82) is 0 Å². The molecule has 0 amide bonds. The van der Waals surface area contributed by atoms with Crippen LogP contribution in [0.25, 0.3) is 0 Å². The first-order chi connectivity index (χ1) is 11.0. The highest BCUT2D eigenvalue weighted by Gasteiger charge is 2.50. The second kappa shape index (κ2) is 6.94. The Morgan fingerprint density at radius 1 is 1.09 bits per heavy atom. The lowest BCUT2D eigenvalue weighted by atomic mass is 9.77. The Hall–Kier alpha value is -0.860. The average molecular weight is 316 g/mol. The summed E-state index contributed by atoms with van der Waals surface area (Å²) in [5.74, 6) is 1.52. The fourth-order valence-corrected chi connectivity index (χ4v) is 5.02. The summed E-state index contributed by atoms with van der Waals surface area (Å²) in [6.07, 6.45) is 8.43. The SMILES string of the molecule is CCCC1(CCc2ccccc2)COC2(C[C@H](C)C[C@H](C)C2)N1. The Kier molecular flexibility index (Phi) is 5.13. The first-order valence-corrected chi connectivity index (χ1v) is 9.52. The molecule has 128 valence electrons. The Labute approximate surface area is 142 Å². The van der Waals surface area contributed by atoms with Gasteiger partial charge in [0.25, 0.3) is 0 Å². The molecule has 0 radical (unpaired) electrons. The van der Waals surface area contributed by atoms with E-state index in [4.69, 9.17) is 4.74 Å². The molecule has 1 saturated carbocycles. The van der Waals surface area contributed by atoms with Crippen molar-refractivity contribution in [2.45, 2.75) is 77.0 Å². The van der Waals surface area contributed by atoms with Gasteiger partial charge in [-0.25, -0.2) is 0 Å². The van der Waals surface area contributed by atoms with Crippen LogP contribution in [0.15, 0.2) is 30.3 Å². The Morgan fingerprint density at radius 2 is 1.78 bits per heavy atom. The molecule has 2 unspecified atom stereocenters.